The van der Waals surface area contributed by atoms with E-state index in [0.717, 1.165) is 0 Å². The third-order valence-corrected chi connectivity index (χ3v) is 4.23. The van der Waals surface area contributed by atoms with Crippen LogP contribution in [0.15, 0.2) is 65.1 Å². The first-order valence-corrected chi connectivity index (χ1v) is 8.70. The molecule has 0 fully saturated rings. The van der Waals surface area contributed by atoms with Gasteiger partial charge in [0.15, 0.2) is 12.4 Å². The van der Waals surface area contributed by atoms with Crippen LogP contribution in [-0.2, 0) is 0 Å². The van der Waals surface area contributed by atoms with E-state index in [1.807, 2.05) is 6.07 Å². The fourth-order valence-corrected chi connectivity index (χ4v) is 2.74. The summed E-state index contributed by atoms with van der Waals surface area (Å²) in [5.41, 5.74) is 1.18. The van der Waals surface area contributed by atoms with Crippen LogP contribution in [0.3, 0.4) is 0 Å². The molecule has 1 aromatic heterocycles. The quantitative estimate of drug-likeness (QED) is 0.375. The zero-order chi connectivity index (χ0) is 19.2. The van der Waals surface area contributed by atoms with Gasteiger partial charge in [-0.15, -0.1) is 0 Å². The van der Waals surface area contributed by atoms with E-state index < -0.39 is 0 Å². The van der Waals surface area contributed by atoms with E-state index in [1.165, 1.54) is 6.08 Å². The molecular formula is C21H13Cl2NO3. The minimum absolute atomic E-state index is 0.0370. The molecule has 0 amide bonds. The number of hydrogen-bond donors (Lipinski definition) is 0. The molecule has 0 saturated carbocycles. The van der Waals surface area contributed by atoms with Gasteiger partial charge in [-0.2, -0.15) is 5.26 Å². The van der Waals surface area contributed by atoms with Gasteiger partial charge in [0.25, 0.3) is 0 Å². The summed E-state index contributed by atoms with van der Waals surface area (Å²) in [6.45, 7) is -0.0370. The molecule has 6 heteroatoms. The number of benzene rings is 2. The number of nitrogens with zero attached hydrogens (tertiary/aromatic N) is 1. The van der Waals surface area contributed by atoms with Crippen LogP contribution in [0, 0.1) is 11.3 Å². The van der Waals surface area contributed by atoms with E-state index in [2.05, 4.69) is 0 Å². The number of nitriles is 1. The third-order valence-electron chi connectivity index (χ3n) is 3.66. The van der Waals surface area contributed by atoms with Crippen LogP contribution in [-0.4, -0.2) is 12.4 Å². The number of carbonyl (C=O) groups excluding carboxylic acids is 1. The van der Waals surface area contributed by atoms with E-state index in [0.29, 0.717) is 38.4 Å². The molecule has 134 valence electrons. The van der Waals surface area contributed by atoms with Crippen LogP contribution in [0.5, 0.6) is 5.75 Å². The molecule has 0 spiro atoms. The lowest BCUT2D eigenvalue weighted by atomic mass is 10.1. The van der Waals surface area contributed by atoms with Gasteiger partial charge in [0.2, 0.25) is 0 Å². The number of ether oxygens (including phenoxy) is 1. The molecule has 0 N–H and O–H groups in total. The van der Waals surface area contributed by atoms with E-state index in [-0.39, 0.29) is 12.4 Å². The van der Waals surface area contributed by atoms with Crippen molar-refractivity contribution < 1.29 is 13.9 Å². The highest BCUT2D eigenvalue weighted by Crippen LogP contribution is 2.32. The molecule has 27 heavy (non-hydrogen) atoms. The molecule has 0 saturated heterocycles. The van der Waals surface area contributed by atoms with Crippen LogP contribution >= 0.6 is 23.2 Å². The Morgan fingerprint density at radius 2 is 1.89 bits per heavy atom. The summed E-state index contributed by atoms with van der Waals surface area (Å²) in [6.07, 6.45) is 3.01. The molecule has 3 aromatic rings. The Kier molecular flexibility index (Phi) is 5.97. The third kappa shape index (κ3) is 4.79. The van der Waals surface area contributed by atoms with Crippen LogP contribution in [0.1, 0.15) is 16.1 Å². The molecule has 0 aliphatic carbocycles. The van der Waals surface area contributed by atoms with Gasteiger partial charge in [-0.25, -0.2) is 0 Å². The number of halogens is 2. The molecule has 2 aromatic carbocycles. The number of ketones is 1. The highest BCUT2D eigenvalue weighted by atomic mass is 35.5. The van der Waals surface area contributed by atoms with Crippen molar-refractivity contribution in [1.29, 1.82) is 5.26 Å². The van der Waals surface area contributed by atoms with Gasteiger partial charge in [-0.05, 0) is 66.7 Å². The minimum Gasteiger partial charge on any atom is -0.479 e. The van der Waals surface area contributed by atoms with Crippen molar-refractivity contribution in [1.82, 2.24) is 0 Å². The Hall–Kier alpha value is -3.00. The van der Waals surface area contributed by atoms with Crippen molar-refractivity contribution in [3.63, 3.8) is 0 Å². The summed E-state index contributed by atoms with van der Waals surface area (Å²) in [5.74, 6) is 1.43. The summed E-state index contributed by atoms with van der Waals surface area (Å²) < 4.78 is 10.9. The van der Waals surface area contributed by atoms with E-state index in [1.54, 1.807) is 60.7 Å². The molecule has 0 unspecified atom stereocenters. The topological polar surface area (TPSA) is 63.2 Å². The van der Waals surface area contributed by atoms with Crippen molar-refractivity contribution in [3.05, 3.63) is 82.0 Å². The Labute approximate surface area is 166 Å². The lowest BCUT2D eigenvalue weighted by Crippen LogP contribution is -1.96. The molecule has 0 radical (unpaired) electrons. The summed E-state index contributed by atoms with van der Waals surface area (Å²) in [6, 6.07) is 17.1. The summed E-state index contributed by atoms with van der Waals surface area (Å²) >= 11 is 12.2. The predicted molar refractivity (Wildman–Crippen MR) is 105 cm³/mol. The maximum atomic E-state index is 12.3. The zero-order valence-corrected chi connectivity index (χ0v) is 15.5. The van der Waals surface area contributed by atoms with E-state index in [9.17, 15) is 4.79 Å². The fourth-order valence-electron chi connectivity index (χ4n) is 2.36. The molecule has 4 nitrogen and oxygen atoms in total. The van der Waals surface area contributed by atoms with E-state index >= 15 is 0 Å². The highest BCUT2D eigenvalue weighted by Gasteiger charge is 2.09. The van der Waals surface area contributed by atoms with Crippen LogP contribution in [0.4, 0.5) is 0 Å². The molecule has 0 bridgehead atoms. The van der Waals surface area contributed by atoms with Gasteiger partial charge in [-0.1, -0.05) is 23.2 Å². The Bertz CT molecular complexity index is 1030. The van der Waals surface area contributed by atoms with Crippen molar-refractivity contribution in [2.24, 2.45) is 0 Å². The Morgan fingerprint density at radius 1 is 1.11 bits per heavy atom. The standard InChI is InChI=1S/C21H13Cl2NO3/c22-15-3-8-19(23)18(13-15)21-10-7-17(27-21)6-9-20(25)14-1-4-16(5-2-14)26-12-11-24/h1-10,13H,12H2/b9-6+. The van der Waals surface area contributed by atoms with Gasteiger partial charge >= 0.3 is 0 Å². The average molecular weight is 398 g/mol. The molecule has 0 atom stereocenters. The highest BCUT2D eigenvalue weighted by molar-refractivity contribution is 6.35. The maximum Gasteiger partial charge on any atom is 0.185 e. The monoisotopic (exact) mass is 397 g/mol. The zero-order valence-electron chi connectivity index (χ0n) is 14.0. The number of hydrogen-bond acceptors (Lipinski definition) is 4. The van der Waals surface area contributed by atoms with E-state index in [4.69, 9.17) is 37.6 Å². The second-order valence-electron chi connectivity index (χ2n) is 5.49. The normalized spacial score (nSPS) is 10.7. The van der Waals surface area contributed by atoms with Crippen molar-refractivity contribution in [3.8, 4) is 23.1 Å². The first-order chi connectivity index (χ1) is 13.1. The molecule has 1 heterocycles. The first-order valence-electron chi connectivity index (χ1n) is 7.94. The maximum absolute atomic E-state index is 12.3. The largest absolute Gasteiger partial charge is 0.479 e. The van der Waals surface area contributed by atoms with Crippen LogP contribution < -0.4 is 4.74 Å². The second-order valence-corrected chi connectivity index (χ2v) is 6.34. The van der Waals surface area contributed by atoms with Gasteiger partial charge in [0.1, 0.15) is 23.3 Å². The smallest absolute Gasteiger partial charge is 0.185 e. The van der Waals surface area contributed by atoms with Gasteiger partial charge in [0, 0.05) is 16.1 Å². The number of carbonyl (C=O) groups is 1. The van der Waals surface area contributed by atoms with Gasteiger partial charge in [-0.3, -0.25) is 4.79 Å². The number of furan rings is 1. The number of allylic oxidation sites excluding steroid dienone is 1. The lowest BCUT2D eigenvalue weighted by molar-refractivity contribution is 0.104. The molecule has 0 aliphatic rings. The first kappa shape index (κ1) is 18.8. The lowest BCUT2D eigenvalue weighted by Gasteiger charge is -2.02. The predicted octanol–water partition coefficient (Wildman–Crippen LogP) is 6.05. The Morgan fingerprint density at radius 3 is 2.63 bits per heavy atom. The number of rotatable bonds is 6. The minimum atomic E-state index is -0.180. The molecule has 0 aliphatic heterocycles. The SMILES string of the molecule is N#CCOc1ccc(C(=O)/C=C/c2ccc(-c3cc(Cl)ccc3Cl)o2)cc1. The average Bonchev–Trinajstić information content (AvgIpc) is 3.15. The fraction of sp³-hybridized carbons (Fsp3) is 0.0476. The van der Waals surface area contributed by atoms with Gasteiger partial charge < -0.3 is 9.15 Å². The Balaban J connectivity index is 1.71. The van der Waals surface area contributed by atoms with Crippen LogP contribution in [0.25, 0.3) is 17.4 Å². The van der Waals surface area contributed by atoms with Gasteiger partial charge in [0.05, 0.1) is 5.02 Å². The summed E-state index contributed by atoms with van der Waals surface area (Å²) in [7, 11) is 0. The summed E-state index contributed by atoms with van der Waals surface area (Å²) in [4.78, 5) is 12.3. The summed E-state index contributed by atoms with van der Waals surface area (Å²) in [5, 5.41) is 9.57. The van der Waals surface area contributed by atoms with Crippen molar-refractivity contribution in [2.45, 2.75) is 0 Å². The van der Waals surface area contributed by atoms with Crippen LogP contribution in [0.2, 0.25) is 10.0 Å². The van der Waals surface area contributed by atoms with Crippen molar-refractivity contribution >= 4 is 35.1 Å². The molecule has 3 rings (SSSR count). The van der Waals surface area contributed by atoms with Crippen molar-refractivity contribution in [2.75, 3.05) is 6.61 Å². The second kappa shape index (κ2) is 8.59. The molecular weight excluding hydrogens is 385 g/mol.